The molecule has 0 saturated heterocycles. The molecule has 0 spiro atoms. The Bertz CT molecular complexity index is 706. The SMILES string of the molecule is CC(NC(=S)Nc1ccc(F)cc1)c1ccc2c(c1)OCCO2. The maximum absolute atomic E-state index is 12.9. The van der Waals surface area contributed by atoms with Crippen LogP contribution in [0.2, 0.25) is 0 Å². The number of ether oxygens (including phenoxy) is 2. The molecule has 23 heavy (non-hydrogen) atoms. The summed E-state index contributed by atoms with van der Waals surface area (Å²) in [6.45, 7) is 3.14. The molecule has 1 unspecified atom stereocenters. The van der Waals surface area contributed by atoms with Gasteiger partial charge in [0.2, 0.25) is 0 Å². The normalized spacial score (nSPS) is 14.0. The van der Waals surface area contributed by atoms with Gasteiger partial charge < -0.3 is 20.1 Å². The van der Waals surface area contributed by atoms with Gasteiger partial charge >= 0.3 is 0 Å². The summed E-state index contributed by atoms with van der Waals surface area (Å²) in [5, 5.41) is 6.70. The molecule has 0 aliphatic carbocycles. The van der Waals surface area contributed by atoms with Crippen LogP contribution in [-0.4, -0.2) is 18.3 Å². The number of halogens is 1. The summed E-state index contributed by atoms with van der Waals surface area (Å²) in [6.07, 6.45) is 0. The van der Waals surface area contributed by atoms with Crippen molar-refractivity contribution < 1.29 is 13.9 Å². The Hall–Kier alpha value is -2.34. The van der Waals surface area contributed by atoms with E-state index in [0.717, 1.165) is 22.7 Å². The molecule has 0 radical (unpaired) electrons. The fraction of sp³-hybridized carbons (Fsp3) is 0.235. The molecule has 2 aromatic rings. The van der Waals surface area contributed by atoms with E-state index in [4.69, 9.17) is 21.7 Å². The Balaban J connectivity index is 1.63. The maximum Gasteiger partial charge on any atom is 0.171 e. The number of hydrogen-bond acceptors (Lipinski definition) is 3. The van der Waals surface area contributed by atoms with E-state index in [2.05, 4.69) is 10.6 Å². The summed E-state index contributed by atoms with van der Waals surface area (Å²) in [5.41, 5.74) is 1.77. The zero-order valence-electron chi connectivity index (χ0n) is 12.6. The van der Waals surface area contributed by atoms with Crippen molar-refractivity contribution in [2.24, 2.45) is 0 Å². The first kappa shape index (κ1) is 15.6. The molecule has 4 nitrogen and oxygen atoms in total. The Kier molecular flexibility index (Phi) is 4.62. The van der Waals surface area contributed by atoms with Gasteiger partial charge in [-0.05, 0) is 61.1 Å². The second kappa shape index (κ2) is 6.83. The second-order valence-corrected chi connectivity index (χ2v) is 5.64. The summed E-state index contributed by atoms with van der Waals surface area (Å²) in [7, 11) is 0. The molecular formula is C17H17FN2O2S. The van der Waals surface area contributed by atoms with Gasteiger partial charge in [-0.1, -0.05) is 6.07 Å². The molecular weight excluding hydrogens is 315 g/mol. The highest BCUT2D eigenvalue weighted by molar-refractivity contribution is 7.80. The maximum atomic E-state index is 12.9. The fourth-order valence-corrected chi connectivity index (χ4v) is 2.60. The number of thiocarbonyl (C=S) groups is 1. The largest absolute Gasteiger partial charge is 0.486 e. The quantitative estimate of drug-likeness (QED) is 0.840. The van der Waals surface area contributed by atoms with Crippen LogP contribution >= 0.6 is 12.2 Å². The molecule has 1 heterocycles. The van der Waals surface area contributed by atoms with Gasteiger partial charge in [0.1, 0.15) is 19.0 Å². The van der Waals surface area contributed by atoms with Crippen molar-refractivity contribution in [3.8, 4) is 11.5 Å². The molecule has 6 heteroatoms. The average molecular weight is 332 g/mol. The van der Waals surface area contributed by atoms with Crippen LogP contribution in [0.3, 0.4) is 0 Å². The van der Waals surface area contributed by atoms with Crippen molar-refractivity contribution in [2.45, 2.75) is 13.0 Å². The molecule has 120 valence electrons. The topological polar surface area (TPSA) is 42.5 Å². The average Bonchev–Trinajstić information content (AvgIpc) is 2.56. The summed E-state index contributed by atoms with van der Waals surface area (Å²) in [6, 6.07) is 11.9. The van der Waals surface area contributed by atoms with Crippen LogP contribution < -0.4 is 20.1 Å². The molecule has 1 atom stereocenters. The first-order valence-electron chi connectivity index (χ1n) is 7.34. The Morgan fingerprint density at radius 1 is 1.09 bits per heavy atom. The van der Waals surface area contributed by atoms with Crippen molar-refractivity contribution in [1.29, 1.82) is 0 Å². The lowest BCUT2D eigenvalue weighted by atomic mass is 10.1. The minimum atomic E-state index is -0.279. The highest BCUT2D eigenvalue weighted by Gasteiger charge is 2.15. The van der Waals surface area contributed by atoms with Crippen molar-refractivity contribution in [1.82, 2.24) is 5.32 Å². The van der Waals surface area contributed by atoms with E-state index in [9.17, 15) is 4.39 Å². The molecule has 2 N–H and O–H groups in total. The molecule has 0 bridgehead atoms. The van der Waals surface area contributed by atoms with Crippen LogP contribution in [0.5, 0.6) is 11.5 Å². The van der Waals surface area contributed by atoms with Gasteiger partial charge in [-0.3, -0.25) is 0 Å². The third-order valence-corrected chi connectivity index (χ3v) is 3.74. The van der Waals surface area contributed by atoms with Crippen LogP contribution in [0.4, 0.5) is 10.1 Å². The lowest BCUT2D eigenvalue weighted by Gasteiger charge is -2.22. The van der Waals surface area contributed by atoms with Crippen molar-refractivity contribution in [3.05, 3.63) is 53.8 Å². The zero-order valence-corrected chi connectivity index (χ0v) is 13.5. The molecule has 1 aliphatic rings. The van der Waals surface area contributed by atoms with Crippen molar-refractivity contribution >= 4 is 23.0 Å². The number of anilines is 1. The number of hydrogen-bond donors (Lipinski definition) is 2. The summed E-state index contributed by atoms with van der Waals surface area (Å²) < 4.78 is 24.0. The van der Waals surface area contributed by atoms with Crippen LogP contribution in [0, 0.1) is 5.82 Å². The second-order valence-electron chi connectivity index (χ2n) is 5.23. The lowest BCUT2D eigenvalue weighted by Crippen LogP contribution is -2.31. The van der Waals surface area contributed by atoms with E-state index >= 15 is 0 Å². The van der Waals surface area contributed by atoms with Crippen LogP contribution in [0.1, 0.15) is 18.5 Å². The van der Waals surface area contributed by atoms with Crippen LogP contribution in [0.15, 0.2) is 42.5 Å². The van der Waals surface area contributed by atoms with Gasteiger partial charge in [0.05, 0.1) is 6.04 Å². The fourth-order valence-electron chi connectivity index (χ4n) is 2.31. The zero-order chi connectivity index (χ0) is 16.2. The number of benzene rings is 2. The molecule has 0 aromatic heterocycles. The highest BCUT2D eigenvalue weighted by atomic mass is 32.1. The van der Waals surface area contributed by atoms with E-state index in [1.54, 1.807) is 12.1 Å². The lowest BCUT2D eigenvalue weighted by molar-refractivity contribution is 0.171. The molecule has 0 fully saturated rings. The van der Waals surface area contributed by atoms with E-state index in [0.29, 0.717) is 18.3 Å². The Morgan fingerprint density at radius 2 is 1.78 bits per heavy atom. The van der Waals surface area contributed by atoms with E-state index in [1.807, 2.05) is 25.1 Å². The molecule has 0 saturated carbocycles. The summed E-state index contributed by atoms with van der Waals surface area (Å²) in [4.78, 5) is 0. The first-order chi connectivity index (χ1) is 11.1. The van der Waals surface area contributed by atoms with Crippen LogP contribution in [0.25, 0.3) is 0 Å². The highest BCUT2D eigenvalue weighted by Crippen LogP contribution is 2.32. The van der Waals surface area contributed by atoms with E-state index < -0.39 is 0 Å². The van der Waals surface area contributed by atoms with Gasteiger partial charge in [-0.15, -0.1) is 0 Å². The Morgan fingerprint density at radius 3 is 2.52 bits per heavy atom. The van der Waals surface area contributed by atoms with Crippen molar-refractivity contribution in [2.75, 3.05) is 18.5 Å². The summed E-state index contributed by atoms with van der Waals surface area (Å²) >= 11 is 5.29. The minimum Gasteiger partial charge on any atom is -0.486 e. The molecule has 2 aromatic carbocycles. The molecule has 1 aliphatic heterocycles. The Labute approximate surface area is 139 Å². The molecule has 0 amide bonds. The van der Waals surface area contributed by atoms with E-state index in [-0.39, 0.29) is 11.9 Å². The smallest absolute Gasteiger partial charge is 0.171 e. The van der Waals surface area contributed by atoms with E-state index in [1.165, 1.54) is 12.1 Å². The minimum absolute atomic E-state index is 0.00808. The monoisotopic (exact) mass is 332 g/mol. The van der Waals surface area contributed by atoms with Gasteiger partial charge in [-0.2, -0.15) is 0 Å². The van der Waals surface area contributed by atoms with Gasteiger partial charge in [0.15, 0.2) is 16.6 Å². The van der Waals surface area contributed by atoms with Crippen molar-refractivity contribution in [3.63, 3.8) is 0 Å². The standard InChI is InChI=1S/C17H17FN2O2S/c1-11(12-2-7-15-16(10-12)22-9-8-21-15)19-17(23)20-14-5-3-13(18)4-6-14/h2-7,10-11H,8-9H2,1H3,(H2,19,20,23). The third kappa shape index (κ3) is 3.90. The predicted octanol–water partition coefficient (Wildman–Crippen LogP) is 3.64. The van der Waals surface area contributed by atoms with Gasteiger partial charge in [-0.25, -0.2) is 4.39 Å². The third-order valence-electron chi connectivity index (χ3n) is 3.52. The van der Waals surface area contributed by atoms with Gasteiger partial charge in [0, 0.05) is 5.69 Å². The molecule has 3 rings (SSSR count). The summed E-state index contributed by atoms with van der Waals surface area (Å²) in [5.74, 6) is 1.23. The first-order valence-corrected chi connectivity index (χ1v) is 7.75. The number of nitrogens with one attached hydrogen (secondary N) is 2. The van der Waals surface area contributed by atoms with Crippen LogP contribution in [-0.2, 0) is 0 Å². The van der Waals surface area contributed by atoms with Gasteiger partial charge in [0.25, 0.3) is 0 Å². The number of rotatable bonds is 3. The predicted molar refractivity (Wildman–Crippen MR) is 91.6 cm³/mol. The number of fused-ring (bicyclic) bond motifs is 1.